The van der Waals surface area contributed by atoms with Gasteiger partial charge in [0, 0.05) is 18.8 Å². The van der Waals surface area contributed by atoms with Crippen LogP contribution in [0.1, 0.15) is 19.3 Å². The molecule has 0 spiro atoms. The average Bonchev–Trinajstić information content (AvgIpc) is 2.44. The fourth-order valence-corrected chi connectivity index (χ4v) is 1.91. The van der Waals surface area contributed by atoms with E-state index < -0.39 is 0 Å². The minimum absolute atomic E-state index is 0.182. The zero-order chi connectivity index (χ0) is 10.7. The predicted octanol–water partition coefficient (Wildman–Crippen LogP) is 1.74. The third-order valence-corrected chi connectivity index (χ3v) is 2.79. The molecule has 1 aliphatic heterocycles. The van der Waals surface area contributed by atoms with Crippen LogP contribution < -0.4 is 10.3 Å². The monoisotopic (exact) mass is 205 g/mol. The zero-order valence-electron chi connectivity index (χ0n) is 8.65. The van der Waals surface area contributed by atoms with Gasteiger partial charge < -0.3 is 10.0 Å². The second-order valence-electron chi connectivity index (χ2n) is 3.89. The SMILES string of the molecule is O=c1ccc(N2CCCCC2)ccc1O. The molecule has 1 heterocycles. The molecule has 2 rings (SSSR count). The maximum Gasteiger partial charge on any atom is 0.220 e. The molecule has 0 saturated carbocycles. The highest BCUT2D eigenvalue weighted by Gasteiger charge is 2.10. The largest absolute Gasteiger partial charge is 0.504 e. The number of nitrogens with zero attached hydrogens (tertiary/aromatic N) is 1. The van der Waals surface area contributed by atoms with E-state index in [1.165, 1.54) is 31.4 Å². The van der Waals surface area contributed by atoms with Gasteiger partial charge in [-0.15, -0.1) is 0 Å². The van der Waals surface area contributed by atoms with E-state index in [2.05, 4.69) is 4.90 Å². The third-order valence-electron chi connectivity index (χ3n) is 2.79. The molecule has 0 amide bonds. The molecule has 1 aromatic carbocycles. The van der Waals surface area contributed by atoms with Gasteiger partial charge in [0.1, 0.15) is 0 Å². The van der Waals surface area contributed by atoms with E-state index in [9.17, 15) is 9.90 Å². The van der Waals surface area contributed by atoms with Crippen molar-refractivity contribution < 1.29 is 5.11 Å². The Morgan fingerprint density at radius 1 is 1.00 bits per heavy atom. The molecule has 1 saturated heterocycles. The molecule has 1 N–H and O–H groups in total. The van der Waals surface area contributed by atoms with Crippen LogP contribution in [0.4, 0.5) is 5.69 Å². The Morgan fingerprint density at radius 3 is 2.40 bits per heavy atom. The first-order valence-corrected chi connectivity index (χ1v) is 5.36. The first kappa shape index (κ1) is 10.0. The molecule has 0 bridgehead atoms. The molecule has 1 aromatic rings. The van der Waals surface area contributed by atoms with Gasteiger partial charge in [0.2, 0.25) is 5.43 Å². The van der Waals surface area contributed by atoms with Crippen molar-refractivity contribution in [3.63, 3.8) is 0 Å². The first-order chi connectivity index (χ1) is 7.27. The van der Waals surface area contributed by atoms with Gasteiger partial charge in [0.05, 0.1) is 0 Å². The van der Waals surface area contributed by atoms with Crippen LogP contribution in [0, 0.1) is 0 Å². The van der Waals surface area contributed by atoms with E-state index in [0.717, 1.165) is 18.8 Å². The van der Waals surface area contributed by atoms with Crippen molar-refractivity contribution in [3.05, 3.63) is 34.5 Å². The molecular weight excluding hydrogens is 190 g/mol. The summed E-state index contributed by atoms with van der Waals surface area (Å²) < 4.78 is 0. The van der Waals surface area contributed by atoms with Gasteiger partial charge in [-0.25, -0.2) is 0 Å². The Hall–Kier alpha value is -1.51. The number of piperidine rings is 1. The molecule has 15 heavy (non-hydrogen) atoms. The van der Waals surface area contributed by atoms with Gasteiger partial charge in [0.25, 0.3) is 0 Å². The molecule has 0 aliphatic carbocycles. The molecule has 80 valence electrons. The van der Waals surface area contributed by atoms with Gasteiger partial charge >= 0.3 is 0 Å². The average molecular weight is 205 g/mol. The van der Waals surface area contributed by atoms with Crippen molar-refractivity contribution in [2.45, 2.75) is 19.3 Å². The van der Waals surface area contributed by atoms with E-state index in [4.69, 9.17) is 0 Å². The van der Waals surface area contributed by atoms with Crippen LogP contribution in [0.15, 0.2) is 29.1 Å². The fraction of sp³-hybridized carbons (Fsp3) is 0.417. The molecule has 3 heteroatoms. The molecule has 0 aromatic heterocycles. The molecule has 1 aliphatic rings. The van der Waals surface area contributed by atoms with Crippen LogP contribution in [0.3, 0.4) is 0 Å². The van der Waals surface area contributed by atoms with Crippen LogP contribution in [0.25, 0.3) is 0 Å². The van der Waals surface area contributed by atoms with Crippen LogP contribution in [0.2, 0.25) is 0 Å². The Balaban J connectivity index is 2.29. The third kappa shape index (κ3) is 2.29. The number of rotatable bonds is 1. The Labute approximate surface area is 89.0 Å². The van der Waals surface area contributed by atoms with Crippen molar-refractivity contribution in [3.8, 4) is 5.75 Å². The standard InChI is InChI=1S/C12H15NO2/c14-11-6-4-10(5-7-12(11)15)13-8-2-1-3-9-13/h4-7H,1-3,8-9H2,(H,14,15). The second kappa shape index (κ2) is 4.34. The molecule has 3 nitrogen and oxygen atoms in total. The van der Waals surface area contributed by atoms with Crippen molar-refractivity contribution in [2.24, 2.45) is 0 Å². The lowest BCUT2D eigenvalue weighted by atomic mass is 10.1. The first-order valence-electron chi connectivity index (χ1n) is 5.36. The highest BCUT2D eigenvalue weighted by molar-refractivity contribution is 5.47. The Bertz CT molecular complexity index is 397. The summed E-state index contributed by atoms with van der Waals surface area (Å²) in [7, 11) is 0. The summed E-state index contributed by atoms with van der Waals surface area (Å²) in [5.74, 6) is -0.182. The zero-order valence-corrected chi connectivity index (χ0v) is 8.65. The molecule has 0 unspecified atom stereocenters. The Morgan fingerprint density at radius 2 is 1.67 bits per heavy atom. The van der Waals surface area contributed by atoms with Crippen LogP contribution in [-0.4, -0.2) is 18.2 Å². The van der Waals surface area contributed by atoms with Crippen molar-refractivity contribution in [1.82, 2.24) is 0 Å². The molecule has 0 atom stereocenters. The van der Waals surface area contributed by atoms with E-state index in [1.807, 2.05) is 6.07 Å². The lowest BCUT2D eigenvalue weighted by molar-refractivity contribution is 0.471. The van der Waals surface area contributed by atoms with Crippen molar-refractivity contribution in [2.75, 3.05) is 18.0 Å². The summed E-state index contributed by atoms with van der Waals surface area (Å²) >= 11 is 0. The van der Waals surface area contributed by atoms with Crippen molar-refractivity contribution in [1.29, 1.82) is 0 Å². The van der Waals surface area contributed by atoms with E-state index in [-0.39, 0.29) is 11.2 Å². The number of anilines is 1. The molecule has 0 radical (unpaired) electrons. The van der Waals surface area contributed by atoms with Crippen LogP contribution in [-0.2, 0) is 0 Å². The molecule has 1 fully saturated rings. The minimum Gasteiger partial charge on any atom is -0.504 e. The maximum absolute atomic E-state index is 11.2. The summed E-state index contributed by atoms with van der Waals surface area (Å²) in [6, 6.07) is 6.50. The smallest absolute Gasteiger partial charge is 0.220 e. The quantitative estimate of drug-likeness (QED) is 0.759. The highest BCUT2D eigenvalue weighted by atomic mass is 16.3. The molecular formula is C12H15NO2. The lowest BCUT2D eigenvalue weighted by Crippen LogP contribution is -2.29. The van der Waals surface area contributed by atoms with Gasteiger partial charge in [0.15, 0.2) is 5.75 Å². The summed E-state index contributed by atoms with van der Waals surface area (Å²) in [6.45, 7) is 2.08. The Kier molecular flexibility index (Phi) is 2.90. The van der Waals surface area contributed by atoms with E-state index in [0.29, 0.717) is 0 Å². The van der Waals surface area contributed by atoms with Gasteiger partial charge in [-0.3, -0.25) is 4.79 Å². The summed E-state index contributed by atoms with van der Waals surface area (Å²) in [5, 5.41) is 9.27. The van der Waals surface area contributed by atoms with E-state index in [1.54, 1.807) is 6.07 Å². The van der Waals surface area contributed by atoms with Gasteiger partial charge in [-0.05, 0) is 43.5 Å². The van der Waals surface area contributed by atoms with Crippen molar-refractivity contribution >= 4 is 5.69 Å². The van der Waals surface area contributed by atoms with Crippen LogP contribution >= 0.6 is 0 Å². The highest BCUT2D eigenvalue weighted by Crippen LogP contribution is 2.18. The minimum atomic E-state index is -0.321. The summed E-state index contributed by atoms with van der Waals surface area (Å²) in [6.07, 6.45) is 3.69. The fourth-order valence-electron chi connectivity index (χ4n) is 1.91. The number of hydrogen-bond donors (Lipinski definition) is 1. The number of hydrogen-bond acceptors (Lipinski definition) is 3. The van der Waals surface area contributed by atoms with E-state index >= 15 is 0 Å². The summed E-state index contributed by atoms with van der Waals surface area (Å²) in [4.78, 5) is 13.4. The van der Waals surface area contributed by atoms with Gasteiger partial charge in [-0.1, -0.05) is 0 Å². The summed E-state index contributed by atoms with van der Waals surface area (Å²) in [5.41, 5.74) is 0.699. The van der Waals surface area contributed by atoms with Crippen LogP contribution in [0.5, 0.6) is 5.75 Å². The lowest BCUT2D eigenvalue weighted by Gasteiger charge is -2.28. The number of aromatic hydroxyl groups is 1. The topological polar surface area (TPSA) is 40.5 Å². The predicted molar refractivity (Wildman–Crippen MR) is 60.4 cm³/mol. The maximum atomic E-state index is 11.2. The van der Waals surface area contributed by atoms with Gasteiger partial charge in [-0.2, -0.15) is 0 Å². The normalized spacial score (nSPS) is 16.4. The second-order valence-corrected chi connectivity index (χ2v) is 3.89.